The lowest BCUT2D eigenvalue weighted by Gasteiger charge is -2.15. The van der Waals surface area contributed by atoms with Crippen LogP contribution in [0.15, 0.2) is 24.3 Å². The minimum atomic E-state index is -0.447. The summed E-state index contributed by atoms with van der Waals surface area (Å²) in [6.07, 6.45) is 0.819. The lowest BCUT2D eigenvalue weighted by molar-refractivity contribution is -0.120. The molecule has 7 heteroatoms. The number of nitrogens with one attached hydrogen (secondary N) is 2. The molecule has 1 aromatic carbocycles. The second-order valence-corrected chi connectivity index (χ2v) is 6.69. The Balaban J connectivity index is 1.82. The van der Waals surface area contributed by atoms with Crippen molar-refractivity contribution in [1.29, 1.82) is 0 Å². The largest absolute Gasteiger partial charge is 0.335 e. The number of benzene rings is 1. The van der Waals surface area contributed by atoms with Crippen LogP contribution in [-0.4, -0.2) is 41.5 Å². The number of carbonyl (C=O) groups excluding carboxylic acids is 2. The van der Waals surface area contributed by atoms with E-state index in [-0.39, 0.29) is 18.5 Å². The topological polar surface area (TPSA) is 74.3 Å². The molecule has 0 unspecified atom stereocenters. The van der Waals surface area contributed by atoms with Gasteiger partial charge in [0.15, 0.2) is 0 Å². The van der Waals surface area contributed by atoms with E-state index in [1.807, 2.05) is 50.1 Å². The number of likely N-dealkylation sites (N-methyl/N-ethyl adjacent to an activating group) is 1. The normalized spacial score (nSPS) is 12.3. The summed E-state index contributed by atoms with van der Waals surface area (Å²) in [6.45, 7) is 4.57. The molecule has 0 aliphatic heterocycles. The van der Waals surface area contributed by atoms with Crippen molar-refractivity contribution in [2.75, 3.05) is 13.6 Å². The molecule has 0 fully saturated rings. The molecule has 1 aromatic heterocycles. The lowest BCUT2D eigenvalue weighted by Crippen LogP contribution is -2.46. The molecule has 2 rings (SSSR count). The first kappa shape index (κ1) is 17.4. The predicted octanol–water partition coefficient (Wildman–Crippen LogP) is 2.35. The van der Waals surface area contributed by atoms with E-state index >= 15 is 0 Å². The van der Waals surface area contributed by atoms with E-state index in [1.165, 1.54) is 0 Å². The van der Waals surface area contributed by atoms with E-state index in [2.05, 4.69) is 15.6 Å². The second-order valence-electron chi connectivity index (χ2n) is 5.58. The molecule has 3 amide bonds. The third kappa shape index (κ3) is 5.30. The van der Waals surface area contributed by atoms with Gasteiger partial charge in [0.2, 0.25) is 5.91 Å². The summed E-state index contributed by atoms with van der Waals surface area (Å²) in [5.74, 6) is -0.325. The standard InChI is InChI=1S/C16H22N4O2S/c1-4-11(2)17-16(22)19-14(21)9-20(3)10-15-18-12-7-5-6-8-13(12)23-15/h5-8,11H,4,9-10H2,1-3H3,(H2,17,19,21,22)/t11-/m0/s1. The Labute approximate surface area is 139 Å². The van der Waals surface area contributed by atoms with Crippen molar-refractivity contribution >= 4 is 33.5 Å². The zero-order chi connectivity index (χ0) is 16.8. The summed E-state index contributed by atoms with van der Waals surface area (Å²) in [5, 5.41) is 5.99. The van der Waals surface area contributed by atoms with Crippen LogP contribution in [0.5, 0.6) is 0 Å². The van der Waals surface area contributed by atoms with Crippen molar-refractivity contribution in [3.8, 4) is 0 Å². The third-order valence-electron chi connectivity index (χ3n) is 3.40. The highest BCUT2D eigenvalue weighted by Gasteiger charge is 2.13. The minimum Gasteiger partial charge on any atom is -0.335 e. The predicted molar refractivity (Wildman–Crippen MR) is 92.4 cm³/mol. The maximum atomic E-state index is 11.9. The molecule has 1 atom stereocenters. The lowest BCUT2D eigenvalue weighted by atomic mass is 10.3. The Morgan fingerprint density at radius 2 is 2.09 bits per heavy atom. The van der Waals surface area contributed by atoms with E-state index in [0.717, 1.165) is 21.6 Å². The number of amides is 3. The maximum Gasteiger partial charge on any atom is 0.321 e. The fourth-order valence-corrected chi connectivity index (χ4v) is 3.10. The van der Waals surface area contributed by atoms with Crippen molar-refractivity contribution in [3.05, 3.63) is 29.3 Å². The maximum absolute atomic E-state index is 11.9. The van der Waals surface area contributed by atoms with Gasteiger partial charge in [-0.15, -0.1) is 11.3 Å². The van der Waals surface area contributed by atoms with Crippen molar-refractivity contribution in [2.45, 2.75) is 32.9 Å². The van der Waals surface area contributed by atoms with Gasteiger partial charge < -0.3 is 5.32 Å². The zero-order valence-electron chi connectivity index (χ0n) is 13.6. The molecule has 2 aromatic rings. The Bertz CT molecular complexity index is 653. The Morgan fingerprint density at radius 1 is 1.35 bits per heavy atom. The van der Waals surface area contributed by atoms with Gasteiger partial charge in [0.25, 0.3) is 0 Å². The molecule has 0 bridgehead atoms. The van der Waals surface area contributed by atoms with Crippen LogP contribution >= 0.6 is 11.3 Å². The third-order valence-corrected chi connectivity index (χ3v) is 4.42. The quantitative estimate of drug-likeness (QED) is 0.850. The van der Waals surface area contributed by atoms with Crippen LogP contribution in [0.1, 0.15) is 25.3 Å². The van der Waals surface area contributed by atoms with Crippen LogP contribution in [0.3, 0.4) is 0 Å². The molecule has 0 aliphatic rings. The molecular formula is C16H22N4O2S. The number of fused-ring (bicyclic) bond motifs is 1. The number of thiazole rings is 1. The summed E-state index contributed by atoms with van der Waals surface area (Å²) in [7, 11) is 1.83. The zero-order valence-corrected chi connectivity index (χ0v) is 14.4. The summed E-state index contributed by atoms with van der Waals surface area (Å²) < 4.78 is 1.13. The van der Waals surface area contributed by atoms with E-state index in [1.54, 1.807) is 11.3 Å². The van der Waals surface area contributed by atoms with Crippen LogP contribution in [0.25, 0.3) is 10.2 Å². The molecule has 0 radical (unpaired) electrons. The van der Waals surface area contributed by atoms with E-state index < -0.39 is 6.03 Å². The first-order valence-corrected chi connectivity index (χ1v) is 8.43. The van der Waals surface area contributed by atoms with Gasteiger partial charge in [0.1, 0.15) is 5.01 Å². The van der Waals surface area contributed by atoms with Gasteiger partial charge in [0.05, 0.1) is 23.3 Å². The molecule has 2 N–H and O–H groups in total. The molecule has 23 heavy (non-hydrogen) atoms. The number of hydrogen-bond acceptors (Lipinski definition) is 5. The molecule has 1 heterocycles. The first-order valence-electron chi connectivity index (χ1n) is 7.61. The number of para-hydroxylation sites is 1. The highest BCUT2D eigenvalue weighted by Crippen LogP contribution is 2.22. The van der Waals surface area contributed by atoms with Crippen molar-refractivity contribution in [3.63, 3.8) is 0 Å². The van der Waals surface area contributed by atoms with Crippen LogP contribution in [0, 0.1) is 0 Å². The van der Waals surface area contributed by atoms with Gasteiger partial charge in [-0.2, -0.15) is 0 Å². The smallest absolute Gasteiger partial charge is 0.321 e. The molecule has 0 saturated carbocycles. The van der Waals surface area contributed by atoms with Crippen molar-refractivity contribution < 1.29 is 9.59 Å². The minimum absolute atomic E-state index is 0.0447. The average Bonchev–Trinajstić information content (AvgIpc) is 2.88. The number of nitrogens with zero attached hydrogens (tertiary/aromatic N) is 2. The van der Waals surface area contributed by atoms with E-state index in [0.29, 0.717) is 6.54 Å². The number of carbonyl (C=O) groups is 2. The number of rotatable bonds is 6. The van der Waals surface area contributed by atoms with Gasteiger partial charge in [-0.1, -0.05) is 19.1 Å². The molecule has 6 nitrogen and oxygen atoms in total. The van der Waals surface area contributed by atoms with Crippen LogP contribution in [0.4, 0.5) is 4.79 Å². The number of hydrogen-bond donors (Lipinski definition) is 2. The fourth-order valence-electron chi connectivity index (χ4n) is 2.05. The molecule has 0 spiro atoms. The van der Waals surface area contributed by atoms with Gasteiger partial charge in [-0.3, -0.25) is 15.0 Å². The van der Waals surface area contributed by atoms with Crippen molar-refractivity contribution in [2.24, 2.45) is 0 Å². The highest BCUT2D eigenvalue weighted by atomic mass is 32.1. The molecule has 124 valence electrons. The van der Waals surface area contributed by atoms with E-state index in [4.69, 9.17) is 0 Å². The Morgan fingerprint density at radius 3 is 2.78 bits per heavy atom. The summed E-state index contributed by atoms with van der Waals surface area (Å²) in [5.41, 5.74) is 0.971. The van der Waals surface area contributed by atoms with Crippen molar-refractivity contribution in [1.82, 2.24) is 20.5 Å². The summed E-state index contributed by atoms with van der Waals surface area (Å²) in [4.78, 5) is 29.8. The Kier molecular flexibility index (Phi) is 6.06. The second kappa shape index (κ2) is 8.03. The summed E-state index contributed by atoms with van der Waals surface area (Å²) in [6, 6.07) is 7.54. The SMILES string of the molecule is CC[C@H](C)NC(=O)NC(=O)CN(C)Cc1nc2ccccc2s1. The van der Waals surface area contributed by atoms with Gasteiger partial charge in [-0.05, 0) is 32.5 Å². The summed E-state index contributed by atoms with van der Waals surface area (Å²) >= 11 is 1.61. The molecular weight excluding hydrogens is 312 g/mol. The van der Waals surface area contributed by atoms with Gasteiger partial charge in [0, 0.05) is 6.04 Å². The first-order chi connectivity index (χ1) is 11.0. The Hall–Kier alpha value is -1.99. The number of aromatic nitrogens is 1. The van der Waals surface area contributed by atoms with Gasteiger partial charge in [-0.25, -0.2) is 9.78 Å². The van der Waals surface area contributed by atoms with Crippen LogP contribution in [-0.2, 0) is 11.3 Å². The molecule has 0 aliphatic carbocycles. The monoisotopic (exact) mass is 334 g/mol. The number of imide groups is 1. The average molecular weight is 334 g/mol. The highest BCUT2D eigenvalue weighted by molar-refractivity contribution is 7.18. The molecule has 0 saturated heterocycles. The van der Waals surface area contributed by atoms with E-state index in [9.17, 15) is 9.59 Å². The van der Waals surface area contributed by atoms with Gasteiger partial charge >= 0.3 is 6.03 Å². The fraction of sp³-hybridized carbons (Fsp3) is 0.438. The van der Waals surface area contributed by atoms with Crippen LogP contribution < -0.4 is 10.6 Å². The number of urea groups is 1. The van der Waals surface area contributed by atoms with Crippen LogP contribution in [0.2, 0.25) is 0 Å².